The van der Waals surface area contributed by atoms with Crippen molar-refractivity contribution in [2.45, 2.75) is 48.8 Å². The Hall–Kier alpha value is -4.82. The van der Waals surface area contributed by atoms with Crippen molar-refractivity contribution in [1.82, 2.24) is 10.2 Å². The van der Waals surface area contributed by atoms with E-state index in [2.05, 4.69) is 21.2 Å². The topological polar surface area (TPSA) is 144 Å². The van der Waals surface area contributed by atoms with Gasteiger partial charge in [0.2, 0.25) is 11.8 Å². The van der Waals surface area contributed by atoms with Crippen LogP contribution in [0.5, 0.6) is 5.75 Å². The molecule has 3 aromatic rings. The Morgan fingerprint density at radius 2 is 1.63 bits per heavy atom. The van der Waals surface area contributed by atoms with Gasteiger partial charge in [-0.2, -0.15) is 0 Å². The van der Waals surface area contributed by atoms with Crippen molar-refractivity contribution in [2.24, 2.45) is 11.8 Å². The van der Waals surface area contributed by atoms with Crippen LogP contribution in [-0.4, -0.2) is 91.5 Å². The van der Waals surface area contributed by atoms with Crippen molar-refractivity contribution < 1.29 is 43.2 Å². The van der Waals surface area contributed by atoms with E-state index >= 15 is 9.59 Å². The van der Waals surface area contributed by atoms with E-state index in [1.54, 1.807) is 97.0 Å². The SMILES string of the molecule is COC[C@H]1NC(=O)CC/C=C\CN(c2ccc(OC)cc2)C(=O)[C@@H]2N([C@H](CO)c3ccccc3)C(=O)[C@H]3[C@H](C(=O)O[C@@H]1c1ccccc1)[C@H]1O[C@@]23C=C1Br. The molecule has 8 atom stereocenters. The Morgan fingerprint density at radius 3 is 2.30 bits per heavy atom. The highest BCUT2D eigenvalue weighted by Gasteiger charge is 2.75. The van der Waals surface area contributed by atoms with Crippen LogP contribution in [0.1, 0.15) is 36.1 Å². The van der Waals surface area contributed by atoms with E-state index in [0.717, 1.165) is 0 Å². The zero-order valence-corrected chi connectivity index (χ0v) is 31.5. The molecule has 4 heterocycles. The summed E-state index contributed by atoms with van der Waals surface area (Å²) in [6.45, 7) is -0.378. The Morgan fingerprint density at radius 1 is 0.926 bits per heavy atom. The molecule has 0 saturated carbocycles. The predicted octanol–water partition coefficient (Wildman–Crippen LogP) is 4.40. The molecule has 3 aromatic carbocycles. The Labute approximate surface area is 321 Å². The van der Waals surface area contributed by atoms with Crippen molar-refractivity contribution in [3.8, 4) is 5.75 Å². The first kappa shape index (κ1) is 37.5. The quantitative estimate of drug-likeness (QED) is 0.251. The number of allylic oxidation sites excluding steroid dienone is 1. The molecule has 2 saturated heterocycles. The van der Waals surface area contributed by atoms with Crippen LogP contribution in [-0.2, 0) is 33.4 Å². The lowest BCUT2D eigenvalue weighted by atomic mass is 9.74. The molecule has 282 valence electrons. The number of aliphatic hydroxyl groups is 1. The van der Waals surface area contributed by atoms with E-state index < -0.39 is 72.2 Å². The first-order chi connectivity index (χ1) is 26.2. The van der Waals surface area contributed by atoms with Crippen molar-refractivity contribution in [1.29, 1.82) is 0 Å². The number of nitrogens with zero attached hydrogens (tertiary/aromatic N) is 2. The average Bonchev–Trinajstić information content (AvgIpc) is 3.79. The molecule has 13 heteroatoms. The number of fused-ring (bicyclic) bond motifs is 2. The number of benzene rings is 3. The number of amides is 3. The predicted molar refractivity (Wildman–Crippen MR) is 201 cm³/mol. The number of esters is 1. The van der Waals surface area contributed by atoms with Crippen LogP contribution in [0, 0.1) is 11.8 Å². The fourth-order valence-corrected chi connectivity index (χ4v) is 8.94. The molecule has 2 N–H and O–H groups in total. The largest absolute Gasteiger partial charge is 0.497 e. The Balaban J connectivity index is 1.39. The van der Waals surface area contributed by atoms with E-state index in [1.165, 1.54) is 12.0 Å². The Kier molecular flexibility index (Phi) is 11.0. The van der Waals surface area contributed by atoms with E-state index in [4.69, 9.17) is 18.9 Å². The number of aliphatic hydroxyl groups excluding tert-OH is 1. The number of carbonyl (C=O) groups excluding carboxylic acids is 4. The smallest absolute Gasteiger partial charge is 0.313 e. The summed E-state index contributed by atoms with van der Waals surface area (Å²) in [6, 6.07) is 22.0. The first-order valence-electron chi connectivity index (χ1n) is 17.9. The number of nitrogens with one attached hydrogen (secondary N) is 1. The number of carbonyl (C=O) groups is 4. The number of hydrogen-bond donors (Lipinski definition) is 2. The van der Waals surface area contributed by atoms with Crippen LogP contribution in [0.2, 0.25) is 0 Å². The van der Waals surface area contributed by atoms with Gasteiger partial charge < -0.3 is 39.2 Å². The van der Waals surface area contributed by atoms with Gasteiger partial charge in [0.05, 0.1) is 38.3 Å². The van der Waals surface area contributed by atoms with Crippen LogP contribution in [0.3, 0.4) is 0 Å². The first-order valence-corrected chi connectivity index (χ1v) is 18.7. The molecule has 12 nitrogen and oxygen atoms in total. The van der Waals surface area contributed by atoms with Gasteiger partial charge in [0.25, 0.3) is 5.91 Å². The minimum atomic E-state index is -1.60. The molecule has 54 heavy (non-hydrogen) atoms. The highest BCUT2D eigenvalue weighted by atomic mass is 79.9. The average molecular weight is 801 g/mol. The van der Waals surface area contributed by atoms with E-state index in [-0.39, 0.29) is 25.5 Å². The molecule has 0 aromatic heterocycles. The van der Waals surface area contributed by atoms with Crippen LogP contribution < -0.4 is 15.0 Å². The van der Waals surface area contributed by atoms with Gasteiger partial charge in [-0.05, 0) is 47.9 Å². The maximum Gasteiger partial charge on any atom is 0.313 e. The van der Waals surface area contributed by atoms with Gasteiger partial charge in [0.1, 0.15) is 35.5 Å². The summed E-state index contributed by atoms with van der Waals surface area (Å²) in [7, 11) is 3.05. The number of rotatable bonds is 8. The van der Waals surface area contributed by atoms with Gasteiger partial charge in [0.15, 0.2) is 0 Å². The van der Waals surface area contributed by atoms with E-state index in [1.807, 2.05) is 18.2 Å². The third kappa shape index (κ3) is 6.74. The zero-order chi connectivity index (χ0) is 38.0. The number of anilines is 1. The number of hydrogen-bond acceptors (Lipinski definition) is 9. The van der Waals surface area contributed by atoms with Crippen molar-refractivity contribution in [3.63, 3.8) is 0 Å². The molecule has 3 amide bonds. The second-order valence-electron chi connectivity index (χ2n) is 13.7. The molecular formula is C41H42BrN3O9. The van der Waals surface area contributed by atoms with Crippen molar-refractivity contribution in [3.05, 3.63) is 119 Å². The van der Waals surface area contributed by atoms with Gasteiger partial charge in [-0.1, -0.05) is 88.7 Å². The summed E-state index contributed by atoms with van der Waals surface area (Å²) >= 11 is 3.62. The fraction of sp³-hybridized carbons (Fsp3) is 0.366. The van der Waals surface area contributed by atoms with Crippen molar-refractivity contribution in [2.75, 3.05) is 38.9 Å². The van der Waals surface area contributed by atoms with Crippen LogP contribution in [0.25, 0.3) is 0 Å². The summed E-state index contributed by atoms with van der Waals surface area (Å²) in [4.78, 5) is 61.4. The highest BCUT2D eigenvalue weighted by molar-refractivity contribution is 9.11. The van der Waals surface area contributed by atoms with Gasteiger partial charge in [-0.25, -0.2) is 0 Å². The number of cyclic esters (lactones) is 1. The molecule has 5 bridgehead atoms. The molecule has 4 aliphatic heterocycles. The molecule has 0 aliphatic carbocycles. The monoisotopic (exact) mass is 799 g/mol. The van der Waals surface area contributed by atoms with Gasteiger partial charge in [-0.3, -0.25) is 19.2 Å². The lowest BCUT2D eigenvalue weighted by Crippen LogP contribution is -2.57. The Bertz CT molecular complexity index is 1920. The second kappa shape index (κ2) is 15.9. The third-order valence-corrected chi connectivity index (χ3v) is 11.3. The second-order valence-corrected chi connectivity index (χ2v) is 14.7. The maximum absolute atomic E-state index is 15.3. The summed E-state index contributed by atoms with van der Waals surface area (Å²) in [5.74, 6) is -3.79. The summed E-state index contributed by atoms with van der Waals surface area (Å²) in [5, 5.41) is 14.0. The normalized spacial score (nSPS) is 29.7. The van der Waals surface area contributed by atoms with E-state index in [0.29, 0.717) is 33.5 Å². The molecule has 2 fully saturated rings. The molecule has 1 spiro atoms. The maximum atomic E-state index is 15.3. The molecule has 4 aliphatic rings. The summed E-state index contributed by atoms with van der Waals surface area (Å²) in [6.07, 6.45) is 3.91. The fourth-order valence-electron chi connectivity index (χ4n) is 8.21. The van der Waals surface area contributed by atoms with Crippen LogP contribution >= 0.6 is 15.9 Å². The minimum Gasteiger partial charge on any atom is -0.497 e. The van der Waals surface area contributed by atoms with Crippen LogP contribution in [0.4, 0.5) is 5.69 Å². The van der Waals surface area contributed by atoms with Crippen LogP contribution in [0.15, 0.2) is 108 Å². The summed E-state index contributed by atoms with van der Waals surface area (Å²) in [5.41, 5.74) is 0.146. The lowest BCUT2D eigenvalue weighted by molar-refractivity contribution is -0.162. The number of halogens is 1. The standard InChI is InChI=1S/C41H42BrN3O9/c1-51-24-30-35(26-14-8-4-9-15-26)53-40(50)33-34-38(48)45(31(23-46)25-12-6-3-7-13-25)37(41(34)22-29(42)36(33)54-41)39(49)44(21-11-5-10-16-32(47)43-30)27-17-19-28(52-2)20-18-27/h3-9,11-15,17-20,22,30-31,33-37,46H,10,16,21,23-24H2,1-2H3,(H,43,47)/b11-5-/t30-,31-,33+,34-,35-,36+,37+,41-/m1/s1. The number of ether oxygens (including phenoxy) is 4. The molecular weight excluding hydrogens is 758 g/mol. The number of methoxy groups -OCH3 is 2. The highest BCUT2D eigenvalue weighted by Crippen LogP contribution is 2.60. The molecule has 0 unspecified atom stereocenters. The lowest BCUT2D eigenvalue weighted by Gasteiger charge is -2.38. The minimum absolute atomic E-state index is 0.0331. The van der Waals surface area contributed by atoms with Crippen molar-refractivity contribution >= 4 is 45.3 Å². The van der Waals surface area contributed by atoms with Gasteiger partial charge >= 0.3 is 5.97 Å². The third-order valence-electron chi connectivity index (χ3n) is 10.6. The number of likely N-dealkylation sites (tertiary alicyclic amines) is 1. The van der Waals surface area contributed by atoms with Gasteiger partial charge in [0, 0.05) is 30.2 Å². The molecule has 7 rings (SSSR count). The summed E-state index contributed by atoms with van der Waals surface area (Å²) < 4.78 is 24.5. The zero-order valence-electron chi connectivity index (χ0n) is 29.9. The van der Waals surface area contributed by atoms with Gasteiger partial charge in [-0.15, -0.1) is 0 Å². The van der Waals surface area contributed by atoms with E-state index in [9.17, 15) is 14.7 Å². The molecule has 0 radical (unpaired) electrons.